The van der Waals surface area contributed by atoms with Crippen molar-refractivity contribution in [2.75, 3.05) is 32.1 Å². The predicted octanol–water partition coefficient (Wildman–Crippen LogP) is 6.67. The first kappa shape index (κ1) is 34.6. The number of carbonyl (C=O) groups excluding carboxylic acids is 1. The third-order valence-electron chi connectivity index (χ3n) is 8.96. The monoisotopic (exact) mass is 706 g/mol. The highest BCUT2D eigenvalue weighted by atomic mass is 35.5. The molecule has 49 heavy (non-hydrogen) atoms. The van der Waals surface area contributed by atoms with Gasteiger partial charge in [-0.3, -0.25) is 14.5 Å². The Hall–Kier alpha value is -4.29. The summed E-state index contributed by atoms with van der Waals surface area (Å²) in [6.45, 7) is 2.53. The maximum atomic E-state index is 15.7. The highest BCUT2D eigenvalue weighted by Crippen LogP contribution is 2.42. The molecule has 2 aromatic heterocycles. The molecule has 2 aliphatic heterocycles. The zero-order valence-electron chi connectivity index (χ0n) is 26.9. The zero-order chi connectivity index (χ0) is 34.5. The van der Waals surface area contributed by atoms with Gasteiger partial charge >= 0.3 is 5.97 Å². The molecule has 0 aliphatic carbocycles. The van der Waals surface area contributed by atoms with Crippen molar-refractivity contribution in [3.05, 3.63) is 87.8 Å². The van der Waals surface area contributed by atoms with E-state index in [1.165, 1.54) is 6.20 Å². The number of carboxylic acids is 1. The molecule has 1 amide bonds. The summed E-state index contributed by atoms with van der Waals surface area (Å²) in [6.07, 6.45) is 4.26. The standard InChI is InChI=1S/C36H37Cl2FN6O4/c1-49-35-21(17-40-18-24-11-13-30(46)42-24)10-12-28(44-35)27-8-2-6-25(31(27)37)26-7-3-9-29(32(26)38)43-34-33(39)22(14-15-41-34)19-45-16-4-5-23(20-45)36(47)48/h2-3,6-10,12,14-15,23-24,40H,4-5,11,13,16-20H2,1H3,(H,41,43)(H,42,46)(H,47,48)/t23?,24-/m0/s1. The van der Waals surface area contributed by atoms with Gasteiger partial charge in [0.2, 0.25) is 11.8 Å². The SMILES string of the molecule is COc1nc(-c2cccc(-c3cccc(Nc4nccc(CN5CCCC(C(=O)O)C5)c4F)c3Cl)c2Cl)ccc1CNC[C@@H]1CCC(=O)N1. The van der Waals surface area contributed by atoms with E-state index in [2.05, 4.69) is 20.9 Å². The molecule has 2 aliphatic rings. The lowest BCUT2D eigenvalue weighted by molar-refractivity contribution is -0.143. The minimum atomic E-state index is -0.826. The number of amides is 1. The van der Waals surface area contributed by atoms with E-state index in [1.807, 2.05) is 41.3 Å². The van der Waals surface area contributed by atoms with Crippen molar-refractivity contribution >= 4 is 46.6 Å². The molecule has 13 heteroatoms. The van der Waals surface area contributed by atoms with Gasteiger partial charge in [-0.25, -0.2) is 14.4 Å². The Labute approximate surface area is 294 Å². The van der Waals surface area contributed by atoms with E-state index in [9.17, 15) is 14.7 Å². The molecule has 0 spiro atoms. The van der Waals surface area contributed by atoms with Crippen molar-refractivity contribution in [3.63, 3.8) is 0 Å². The summed E-state index contributed by atoms with van der Waals surface area (Å²) in [6, 6.07) is 16.5. The van der Waals surface area contributed by atoms with Crippen LogP contribution in [0.4, 0.5) is 15.9 Å². The Morgan fingerprint density at radius 3 is 2.59 bits per heavy atom. The number of pyridine rings is 2. The summed E-state index contributed by atoms with van der Waals surface area (Å²) in [5, 5.41) is 19.6. The number of hydrogen-bond donors (Lipinski definition) is 4. The van der Waals surface area contributed by atoms with Crippen molar-refractivity contribution in [2.45, 2.75) is 44.8 Å². The number of anilines is 2. The van der Waals surface area contributed by atoms with Crippen LogP contribution in [0.2, 0.25) is 10.0 Å². The number of piperidine rings is 1. The van der Waals surface area contributed by atoms with Gasteiger partial charge in [-0.15, -0.1) is 0 Å². The van der Waals surface area contributed by atoms with Crippen LogP contribution in [0.15, 0.2) is 60.8 Å². The molecular weight excluding hydrogens is 670 g/mol. The average Bonchev–Trinajstić information content (AvgIpc) is 3.52. The molecule has 1 unspecified atom stereocenters. The molecule has 0 radical (unpaired) electrons. The van der Waals surface area contributed by atoms with Crippen LogP contribution >= 0.6 is 23.2 Å². The van der Waals surface area contributed by atoms with E-state index in [-0.39, 0.29) is 24.3 Å². The lowest BCUT2D eigenvalue weighted by Gasteiger charge is -2.30. The minimum Gasteiger partial charge on any atom is -0.481 e. The molecule has 2 atom stereocenters. The van der Waals surface area contributed by atoms with E-state index in [0.29, 0.717) is 88.6 Å². The van der Waals surface area contributed by atoms with Gasteiger partial charge in [0.1, 0.15) is 0 Å². The third kappa shape index (κ3) is 7.96. The number of carbonyl (C=O) groups is 2. The average molecular weight is 708 g/mol. The summed E-state index contributed by atoms with van der Waals surface area (Å²) < 4.78 is 21.3. The molecular formula is C36H37Cl2FN6O4. The summed E-state index contributed by atoms with van der Waals surface area (Å²) in [5.41, 5.74) is 4.33. The Kier molecular flexibility index (Phi) is 10.9. The molecule has 6 rings (SSSR count). The first-order valence-electron chi connectivity index (χ1n) is 16.2. The Bertz CT molecular complexity index is 1860. The second-order valence-electron chi connectivity index (χ2n) is 12.3. The van der Waals surface area contributed by atoms with Crippen LogP contribution in [0.3, 0.4) is 0 Å². The predicted molar refractivity (Wildman–Crippen MR) is 188 cm³/mol. The maximum Gasteiger partial charge on any atom is 0.307 e. The van der Waals surface area contributed by atoms with Crippen LogP contribution in [-0.4, -0.2) is 64.6 Å². The van der Waals surface area contributed by atoms with Crippen LogP contribution < -0.4 is 20.7 Å². The van der Waals surface area contributed by atoms with Gasteiger partial charge in [0.15, 0.2) is 11.6 Å². The van der Waals surface area contributed by atoms with E-state index in [0.717, 1.165) is 18.4 Å². The molecule has 0 bridgehead atoms. The lowest BCUT2D eigenvalue weighted by atomic mass is 9.98. The number of benzene rings is 2. The summed E-state index contributed by atoms with van der Waals surface area (Å²) in [7, 11) is 1.57. The van der Waals surface area contributed by atoms with Crippen LogP contribution in [0, 0.1) is 11.7 Å². The van der Waals surface area contributed by atoms with Crippen molar-refractivity contribution in [3.8, 4) is 28.3 Å². The van der Waals surface area contributed by atoms with Crippen molar-refractivity contribution < 1.29 is 23.8 Å². The molecule has 2 aromatic carbocycles. The highest BCUT2D eigenvalue weighted by molar-refractivity contribution is 6.39. The van der Waals surface area contributed by atoms with Crippen molar-refractivity contribution in [2.24, 2.45) is 5.92 Å². The van der Waals surface area contributed by atoms with E-state index < -0.39 is 17.7 Å². The fourth-order valence-electron chi connectivity index (χ4n) is 6.38. The molecule has 256 valence electrons. The highest BCUT2D eigenvalue weighted by Gasteiger charge is 2.26. The molecule has 4 aromatic rings. The number of nitrogens with zero attached hydrogens (tertiary/aromatic N) is 3. The number of rotatable bonds is 12. The van der Waals surface area contributed by atoms with Gasteiger partial charge in [-0.05, 0) is 44.0 Å². The fourth-order valence-corrected chi connectivity index (χ4v) is 6.98. The number of aliphatic carboxylic acids is 1. The first-order valence-corrected chi connectivity index (χ1v) is 16.9. The topological polar surface area (TPSA) is 129 Å². The molecule has 4 N–H and O–H groups in total. The van der Waals surface area contributed by atoms with E-state index in [1.54, 1.807) is 25.3 Å². The number of aromatic nitrogens is 2. The minimum absolute atomic E-state index is 0.0158. The van der Waals surface area contributed by atoms with Gasteiger partial charge in [0, 0.05) is 72.7 Å². The van der Waals surface area contributed by atoms with Gasteiger partial charge in [-0.1, -0.05) is 59.6 Å². The summed E-state index contributed by atoms with van der Waals surface area (Å²) in [4.78, 5) is 33.9. The number of halogens is 3. The number of ether oxygens (including phenoxy) is 1. The normalized spacial score (nSPS) is 17.9. The van der Waals surface area contributed by atoms with Crippen molar-refractivity contribution in [1.29, 1.82) is 0 Å². The first-order chi connectivity index (χ1) is 23.7. The van der Waals surface area contributed by atoms with Crippen LogP contribution in [0.25, 0.3) is 22.4 Å². The van der Waals surface area contributed by atoms with Gasteiger partial charge < -0.3 is 25.8 Å². The third-order valence-corrected chi connectivity index (χ3v) is 9.77. The maximum absolute atomic E-state index is 15.7. The zero-order valence-corrected chi connectivity index (χ0v) is 28.5. The molecule has 10 nitrogen and oxygen atoms in total. The molecule has 0 saturated carbocycles. The Morgan fingerprint density at radius 2 is 1.84 bits per heavy atom. The quantitative estimate of drug-likeness (QED) is 0.128. The van der Waals surface area contributed by atoms with Crippen LogP contribution in [0.1, 0.15) is 36.8 Å². The number of carboxylic acid groups (broad SMARTS) is 1. The second kappa shape index (κ2) is 15.5. The summed E-state index contributed by atoms with van der Waals surface area (Å²) in [5.74, 6) is -1.25. The van der Waals surface area contributed by atoms with Gasteiger partial charge in [0.05, 0.1) is 34.5 Å². The van der Waals surface area contributed by atoms with Gasteiger partial charge in [-0.2, -0.15) is 0 Å². The summed E-state index contributed by atoms with van der Waals surface area (Å²) >= 11 is 13.9. The second-order valence-corrected chi connectivity index (χ2v) is 13.1. The molecule has 2 saturated heterocycles. The number of likely N-dealkylation sites (tertiary alicyclic amines) is 1. The molecule has 2 fully saturated rings. The molecule has 4 heterocycles. The van der Waals surface area contributed by atoms with E-state index in [4.69, 9.17) is 32.9 Å². The number of methoxy groups -OCH3 is 1. The van der Waals surface area contributed by atoms with Crippen molar-refractivity contribution in [1.82, 2.24) is 25.5 Å². The number of nitrogens with one attached hydrogen (secondary N) is 3. The van der Waals surface area contributed by atoms with Crippen LogP contribution in [-0.2, 0) is 22.7 Å². The lowest BCUT2D eigenvalue weighted by Crippen LogP contribution is -2.38. The Balaban J connectivity index is 1.20. The largest absolute Gasteiger partial charge is 0.481 e. The fraction of sp³-hybridized carbons (Fsp3) is 0.333. The number of hydrogen-bond acceptors (Lipinski definition) is 8. The smallest absolute Gasteiger partial charge is 0.307 e. The van der Waals surface area contributed by atoms with E-state index >= 15 is 4.39 Å². The van der Waals surface area contributed by atoms with Crippen LogP contribution in [0.5, 0.6) is 5.88 Å². The Morgan fingerprint density at radius 1 is 1.06 bits per heavy atom. The van der Waals surface area contributed by atoms with Gasteiger partial charge in [0.25, 0.3) is 0 Å².